The monoisotopic (exact) mass is 260 g/mol. The number of hydrogen-bond donors (Lipinski definition) is 2. The van der Waals surface area contributed by atoms with Crippen molar-refractivity contribution in [2.75, 3.05) is 33.5 Å². The number of rotatable bonds is 11. The average Bonchev–Trinajstić information content (AvgIpc) is 2.31. The lowest BCUT2D eigenvalue weighted by Crippen LogP contribution is -2.44. The Morgan fingerprint density at radius 1 is 1.11 bits per heavy atom. The molecule has 0 bridgehead atoms. The SMILES string of the molecule is COCCOCCCCNC(C)C(=O)NC(C)C. The molecule has 0 radical (unpaired) electrons. The van der Waals surface area contributed by atoms with Crippen molar-refractivity contribution >= 4 is 5.91 Å². The highest BCUT2D eigenvalue weighted by atomic mass is 16.5. The highest BCUT2D eigenvalue weighted by Crippen LogP contribution is 1.91. The standard InChI is InChI=1S/C13H28N2O3/c1-11(2)15-13(16)12(3)14-7-5-6-8-18-10-9-17-4/h11-12,14H,5-10H2,1-4H3,(H,15,16). The Kier molecular flexibility index (Phi) is 11.0. The fraction of sp³-hybridized carbons (Fsp3) is 0.923. The van der Waals surface area contributed by atoms with Gasteiger partial charge in [-0.2, -0.15) is 0 Å². The van der Waals surface area contributed by atoms with E-state index in [1.807, 2.05) is 20.8 Å². The van der Waals surface area contributed by atoms with Crippen LogP contribution < -0.4 is 10.6 Å². The molecule has 0 aliphatic rings. The van der Waals surface area contributed by atoms with E-state index in [0.29, 0.717) is 13.2 Å². The molecule has 0 aliphatic carbocycles. The molecule has 5 nitrogen and oxygen atoms in total. The topological polar surface area (TPSA) is 59.6 Å². The van der Waals surface area contributed by atoms with Crippen molar-refractivity contribution in [3.05, 3.63) is 0 Å². The molecule has 108 valence electrons. The van der Waals surface area contributed by atoms with Crippen LogP contribution in [0.4, 0.5) is 0 Å². The summed E-state index contributed by atoms with van der Waals surface area (Å²) in [5, 5.41) is 6.08. The Hall–Kier alpha value is -0.650. The lowest BCUT2D eigenvalue weighted by atomic mass is 10.2. The zero-order chi connectivity index (χ0) is 13.8. The summed E-state index contributed by atoms with van der Waals surface area (Å²) in [7, 11) is 1.66. The maximum Gasteiger partial charge on any atom is 0.237 e. The zero-order valence-electron chi connectivity index (χ0n) is 12.1. The summed E-state index contributed by atoms with van der Waals surface area (Å²) < 4.78 is 10.2. The maximum absolute atomic E-state index is 11.6. The first-order chi connectivity index (χ1) is 8.57. The van der Waals surface area contributed by atoms with E-state index in [2.05, 4.69) is 10.6 Å². The molecule has 0 aromatic rings. The Morgan fingerprint density at radius 2 is 1.83 bits per heavy atom. The second-order valence-corrected chi connectivity index (χ2v) is 4.65. The predicted molar refractivity (Wildman–Crippen MR) is 72.7 cm³/mol. The molecular weight excluding hydrogens is 232 g/mol. The van der Waals surface area contributed by atoms with Gasteiger partial charge in [-0.1, -0.05) is 0 Å². The van der Waals surface area contributed by atoms with Crippen LogP contribution in [0.3, 0.4) is 0 Å². The molecule has 0 aromatic heterocycles. The smallest absolute Gasteiger partial charge is 0.237 e. The molecule has 1 atom stereocenters. The van der Waals surface area contributed by atoms with Crippen molar-refractivity contribution in [1.82, 2.24) is 10.6 Å². The van der Waals surface area contributed by atoms with Gasteiger partial charge >= 0.3 is 0 Å². The van der Waals surface area contributed by atoms with Gasteiger partial charge in [-0.25, -0.2) is 0 Å². The molecule has 0 rings (SSSR count). The molecule has 1 amide bonds. The van der Waals surface area contributed by atoms with Gasteiger partial charge in [-0.3, -0.25) is 4.79 Å². The molecule has 0 spiro atoms. The summed E-state index contributed by atoms with van der Waals surface area (Å²) in [4.78, 5) is 11.6. The summed E-state index contributed by atoms with van der Waals surface area (Å²) in [6.07, 6.45) is 2.00. The van der Waals surface area contributed by atoms with Crippen molar-refractivity contribution in [3.63, 3.8) is 0 Å². The lowest BCUT2D eigenvalue weighted by molar-refractivity contribution is -0.123. The van der Waals surface area contributed by atoms with Crippen LogP contribution in [0.15, 0.2) is 0 Å². The second kappa shape index (κ2) is 11.4. The highest BCUT2D eigenvalue weighted by Gasteiger charge is 2.11. The minimum atomic E-state index is -0.137. The van der Waals surface area contributed by atoms with E-state index < -0.39 is 0 Å². The van der Waals surface area contributed by atoms with E-state index in [-0.39, 0.29) is 18.0 Å². The second-order valence-electron chi connectivity index (χ2n) is 4.65. The average molecular weight is 260 g/mol. The summed E-state index contributed by atoms with van der Waals surface area (Å²) in [5.74, 6) is 0.0568. The molecule has 18 heavy (non-hydrogen) atoms. The van der Waals surface area contributed by atoms with Gasteiger partial charge in [-0.15, -0.1) is 0 Å². The molecule has 0 heterocycles. The first-order valence-electron chi connectivity index (χ1n) is 6.68. The van der Waals surface area contributed by atoms with Gasteiger partial charge in [-0.05, 0) is 40.2 Å². The predicted octanol–water partition coefficient (Wildman–Crippen LogP) is 0.932. The van der Waals surface area contributed by atoms with E-state index in [4.69, 9.17) is 9.47 Å². The first-order valence-corrected chi connectivity index (χ1v) is 6.68. The van der Waals surface area contributed by atoms with Crippen LogP contribution in [-0.4, -0.2) is 51.5 Å². The van der Waals surface area contributed by atoms with E-state index >= 15 is 0 Å². The Bertz CT molecular complexity index is 210. The molecule has 0 aliphatic heterocycles. The summed E-state index contributed by atoms with van der Waals surface area (Å²) in [5.41, 5.74) is 0. The number of ether oxygens (including phenoxy) is 2. The van der Waals surface area contributed by atoms with Crippen LogP contribution in [0, 0.1) is 0 Å². The molecule has 2 N–H and O–H groups in total. The molecule has 5 heteroatoms. The minimum Gasteiger partial charge on any atom is -0.382 e. The number of nitrogens with one attached hydrogen (secondary N) is 2. The Balaban J connectivity index is 3.34. The number of carbonyl (C=O) groups is 1. The molecule has 0 aromatic carbocycles. The maximum atomic E-state index is 11.6. The number of hydrogen-bond acceptors (Lipinski definition) is 4. The lowest BCUT2D eigenvalue weighted by Gasteiger charge is -2.15. The van der Waals surface area contributed by atoms with Crippen molar-refractivity contribution < 1.29 is 14.3 Å². The first kappa shape index (κ1) is 17.4. The Morgan fingerprint density at radius 3 is 2.44 bits per heavy atom. The van der Waals surface area contributed by atoms with Gasteiger partial charge < -0.3 is 20.1 Å². The van der Waals surface area contributed by atoms with Crippen LogP contribution >= 0.6 is 0 Å². The van der Waals surface area contributed by atoms with Crippen molar-refractivity contribution in [2.24, 2.45) is 0 Å². The van der Waals surface area contributed by atoms with Crippen LogP contribution in [0.25, 0.3) is 0 Å². The normalized spacial score (nSPS) is 12.7. The highest BCUT2D eigenvalue weighted by molar-refractivity contribution is 5.81. The molecular formula is C13H28N2O3. The number of carbonyl (C=O) groups excluding carboxylic acids is 1. The third kappa shape index (κ3) is 10.5. The van der Waals surface area contributed by atoms with E-state index in [9.17, 15) is 4.79 Å². The van der Waals surface area contributed by atoms with Gasteiger partial charge in [0.2, 0.25) is 5.91 Å². The fourth-order valence-corrected chi connectivity index (χ4v) is 1.39. The van der Waals surface area contributed by atoms with Crippen LogP contribution in [-0.2, 0) is 14.3 Å². The zero-order valence-corrected chi connectivity index (χ0v) is 12.1. The van der Waals surface area contributed by atoms with Gasteiger partial charge in [0.25, 0.3) is 0 Å². The van der Waals surface area contributed by atoms with Crippen molar-refractivity contribution in [1.29, 1.82) is 0 Å². The third-order valence-corrected chi connectivity index (χ3v) is 2.42. The van der Waals surface area contributed by atoms with Crippen molar-refractivity contribution in [2.45, 2.75) is 45.7 Å². The van der Waals surface area contributed by atoms with Crippen LogP contribution in [0.5, 0.6) is 0 Å². The van der Waals surface area contributed by atoms with E-state index in [0.717, 1.165) is 26.0 Å². The van der Waals surface area contributed by atoms with Crippen LogP contribution in [0.2, 0.25) is 0 Å². The van der Waals surface area contributed by atoms with Gasteiger partial charge in [0.15, 0.2) is 0 Å². The quantitative estimate of drug-likeness (QED) is 0.543. The van der Waals surface area contributed by atoms with Crippen LogP contribution in [0.1, 0.15) is 33.6 Å². The van der Waals surface area contributed by atoms with Gasteiger partial charge in [0.1, 0.15) is 0 Å². The molecule has 1 unspecified atom stereocenters. The largest absolute Gasteiger partial charge is 0.382 e. The van der Waals surface area contributed by atoms with Crippen molar-refractivity contribution in [3.8, 4) is 0 Å². The summed E-state index contributed by atoms with van der Waals surface area (Å²) in [6, 6.07) is 0.0535. The van der Waals surface area contributed by atoms with E-state index in [1.165, 1.54) is 0 Å². The number of methoxy groups -OCH3 is 1. The molecule has 0 fully saturated rings. The van der Waals surface area contributed by atoms with E-state index in [1.54, 1.807) is 7.11 Å². The number of unbranched alkanes of at least 4 members (excludes halogenated alkanes) is 1. The minimum absolute atomic E-state index is 0.0568. The number of amides is 1. The third-order valence-electron chi connectivity index (χ3n) is 2.42. The Labute approximate surface area is 111 Å². The molecule has 0 saturated carbocycles. The fourth-order valence-electron chi connectivity index (χ4n) is 1.39. The molecule has 0 saturated heterocycles. The summed E-state index contributed by atoms with van der Waals surface area (Å²) >= 11 is 0. The van der Waals surface area contributed by atoms with Gasteiger partial charge in [0.05, 0.1) is 19.3 Å². The van der Waals surface area contributed by atoms with Gasteiger partial charge in [0, 0.05) is 19.8 Å². The summed E-state index contributed by atoms with van der Waals surface area (Å²) in [6.45, 7) is 8.68.